The molecule has 1 N–H and O–H groups in total. The number of ether oxygens (including phenoxy) is 2. The Hall–Kier alpha value is -2.15. The summed E-state index contributed by atoms with van der Waals surface area (Å²) >= 11 is 0. The van der Waals surface area contributed by atoms with Crippen LogP contribution in [0.15, 0.2) is 24.8 Å². The molecule has 0 spiro atoms. The molecule has 0 aliphatic carbocycles. The zero-order chi connectivity index (χ0) is 17.3. The van der Waals surface area contributed by atoms with Crippen molar-refractivity contribution in [3.63, 3.8) is 0 Å². The average molecular weight is 326 g/mol. The van der Waals surface area contributed by atoms with E-state index in [1.807, 2.05) is 4.90 Å². The third-order valence-electron chi connectivity index (χ3n) is 2.86. The van der Waals surface area contributed by atoms with Gasteiger partial charge in [0.1, 0.15) is 13.2 Å². The summed E-state index contributed by atoms with van der Waals surface area (Å²) in [6.07, 6.45) is 6.06. The Kier molecular flexibility index (Phi) is 13.4. The standard InChI is InChI=1S/C16H26N2O5/c1-3-5-7-16(21)23-13-11-18(9-6-8-17-14-19)10-12-22-15(20)4-2/h3,5,7,14H,1,4,6,8-13H2,2H3,(H,17,19)/b7-5+. The molecule has 23 heavy (non-hydrogen) atoms. The Morgan fingerprint density at radius 2 is 1.87 bits per heavy atom. The molecule has 0 aromatic heterocycles. The lowest BCUT2D eigenvalue weighted by Crippen LogP contribution is -2.34. The normalized spacial score (nSPS) is 10.5. The molecule has 7 heteroatoms. The van der Waals surface area contributed by atoms with Crippen molar-refractivity contribution in [1.29, 1.82) is 0 Å². The highest BCUT2D eigenvalue weighted by molar-refractivity contribution is 5.82. The van der Waals surface area contributed by atoms with E-state index in [2.05, 4.69) is 11.9 Å². The van der Waals surface area contributed by atoms with Crippen LogP contribution in [0.3, 0.4) is 0 Å². The minimum absolute atomic E-state index is 0.239. The van der Waals surface area contributed by atoms with Gasteiger partial charge in [-0.15, -0.1) is 0 Å². The summed E-state index contributed by atoms with van der Waals surface area (Å²) in [5, 5.41) is 2.59. The lowest BCUT2D eigenvalue weighted by molar-refractivity contribution is -0.143. The van der Waals surface area contributed by atoms with Crippen LogP contribution in [0.25, 0.3) is 0 Å². The lowest BCUT2D eigenvalue weighted by atomic mass is 10.3. The maximum Gasteiger partial charge on any atom is 0.330 e. The van der Waals surface area contributed by atoms with Gasteiger partial charge in [-0.2, -0.15) is 0 Å². The van der Waals surface area contributed by atoms with Gasteiger partial charge < -0.3 is 14.8 Å². The van der Waals surface area contributed by atoms with Crippen LogP contribution in [0.4, 0.5) is 0 Å². The second-order valence-electron chi connectivity index (χ2n) is 4.60. The molecular weight excluding hydrogens is 300 g/mol. The summed E-state index contributed by atoms with van der Waals surface area (Å²) in [6, 6.07) is 0. The van der Waals surface area contributed by atoms with Crippen molar-refractivity contribution < 1.29 is 23.9 Å². The van der Waals surface area contributed by atoms with Gasteiger partial charge in [-0.25, -0.2) is 4.79 Å². The van der Waals surface area contributed by atoms with Crippen molar-refractivity contribution in [2.75, 3.05) is 39.4 Å². The molecule has 0 aromatic rings. The number of nitrogens with zero attached hydrogens (tertiary/aromatic N) is 1. The highest BCUT2D eigenvalue weighted by atomic mass is 16.5. The van der Waals surface area contributed by atoms with Crippen LogP contribution < -0.4 is 5.32 Å². The van der Waals surface area contributed by atoms with E-state index in [0.717, 1.165) is 6.42 Å². The quantitative estimate of drug-likeness (QED) is 0.166. The molecule has 0 aliphatic rings. The molecule has 0 unspecified atom stereocenters. The van der Waals surface area contributed by atoms with Gasteiger partial charge in [0, 0.05) is 38.7 Å². The molecule has 0 heterocycles. The van der Waals surface area contributed by atoms with Gasteiger partial charge in [-0.3, -0.25) is 14.5 Å². The van der Waals surface area contributed by atoms with E-state index in [1.54, 1.807) is 6.92 Å². The largest absolute Gasteiger partial charge is 0.464 e. The van der Waals surface area contributed by atoms with Crippen molar-refractivity contribution in [3.05, 3.63) is 24.8 Å². The SMILES string of the molecule is C=C/C=C/C(=O)OCCN(CCCNC=O)CCOC(=O)CC. The van der Waals surface area contributed by atoms with Crippen molar-refractivity contribution in [3.8, 4) is 0 Å². The molecule has 0 atom stereocenters. The Balaban J connectivity index is 4.10. The molecule has 0 bridgehead atoms. The molecular formula is C16H26N2O5. The molecule has 0 aliphatic heterocycles. The van der Waals surface area contributed by atoms with E-state index in [9.17, 15) is 14.4 Å². The van der Waals surface area contributed by atoms with Gasteiger partial charge in [-0.05, 0) is 6.42 Å². The number of hydrogen-bond acceptors (Lipinski definition) is 6. The third kappa shape index (κ3) is 13.2. The molecule has 0 fully saturated rings. The predicted octanol–water partition coefficient (Wildman–Crippen LogP) is 0.663. The number of rotatable bonds is 14. The number of carbonyl (C=O) groups is 3. The first-order valence-corrected chi connectivity index (χ1v) is 7.64. The van der Waals surface area contributed by atoms with E-state index >= 15 is 0 Å². The van der Waals surface area contributed by atoms with Gasteiger partial charge in [-0.1, -0.05) is 25.7 Å². The van der Waals surface area contributed by atoms with Crippen LogP contribution in [0.1, 0.15) is 19.8 Å². The van der Waals surface area contributed by atoms with Crippen molar-refractivity contribution in [2.24, 2.45) is 0 Å². The second kappa shape index (κ2) is 14.8. The van der Waals surface area contributed by atoms with E-state index in [0.29, 0.717) is 39.0 Å². The van der Waals surface area contributed by atoms with E-state index < -0.39 is 5.97 Å². The lowest BCUT2D eigenvalue weighted by Gasteiger charge is -2.21. The smallest absolute Gasteiger partial charge is 0.330 e. The first-order valence-electron chi connectivity index (χ1n) is 7.64. The molecule has 130 valence electrons. The number of amides is 1. The van der Waals surface area contributed by atoms with Crippen molar-refractivity contribution >= 4 is 18.3 Å². The zero-order valence-electron chi connectivity index (χ0n) is 13.7. The fraction of sp³-hybridized carbons (Fsp3) is 0.562. The Morgan fingerprint density at radius 1 is 1.17 bits per heavy atom. The van der Waals surface area contributed by atoms with Gasteiger partial charge in [0.2, 0.25) is 6.41 Å². The number of esters is 2. The summed E-state index contributed by atoms with van der Waals surface area (Å²) in [5.41, 5.74) is 0. The van der Waals surface area contributed by atoms with Gasteiger partial charge in [0.15, 0.2) is 0 Å². The van der Waals surface area contributed by atoms with E-state index in [1.165, 1.54) is 18.2 Å². The van der Waals surface area contributed by atoms with Crippen LogP contribution in [0, 0.1) is 0 Å². The fourth-order valence-electron chi connectivity index (χ4n) is 1.66. The molecule has 0 aromatic carbocycles. The Morgan fingerprint density at radius 3 is 2.48 bits per heavy atom. The van der Waals surface area contributed by atoms with E-state index in [-0.39, 0.29) is 19.2 Å². The third-order valence-corrected chi connectivity index (χ3v) is 2.86. The van der Waals surface area contributed by atoms with Crippen LogP contribution >= 0.6 is 0 Å². The summed E-state index contributed by atoms with van der Waals surface area (Å²) in [7, 11) is 0. The minimum atomic E-state index is -0.426. The first-order chi connectivity index (χ1) is 11.1. The Labute approximate surface area is 137 Å². The fourth-order valence-corrected chi connectivity index (χ4v) is 1.66. The second-order valence-corrected chi connectivity index (χ2v) is 4.60. The zero-order valence-corrected chi connectivity index (χ0v) is 13.7. The molecule has 0 rings (SSSR count). The monoisotopic (exact) mass is 326 g/mol. The molecule has 0 saturated carbocycles. The average Bonchev–Trinajstić information content (AvgIpc) is 2.56. The van der Waals surface area contributed by atoms with Crippen LogP contribution in [0.2, 0.25) is 0 Å². The number of nitrogens with one attached hydrogen (secondary N) is 1. The topological polar surface area (TPSA) is 84.9 Å². The number of allylic oxidation sites excluding steroid dienone is 2. The minimum Gasteiger partial charge on any atom is -0.464 e. The molecule has 7 nitrogen and oxygen atoms in total. The number of carbonyl (C=O) groups excluding carboxylic acids is 3. The molecule has 1 amide bonds. The van der Waals surface area contributed by atoms with Crippen molar-refractivity contribution in [2.45, 2.75) is 19.8 Å². The highest BCUT2D eigenvalue weighted by Gasteiger charge is 2.07. The summed E-state index contributed by atoms with van der Waals surface area (Å²) in [6.45, 7) is 8.08. The predicted molar refractivity (Wildman–Crippen MR) is 86.7 cm³/mol. The molecule has 0 radical (unpaired) electrons. The van der Waals surface area contributed by atoms with Gasteiger partial charge in [0.25, 0.3) is 0 Å². The maximum atomic E-state index is 11.3. The Bertz CT molecular complexity index is 396. The van der Waals surface area contributed by atoms with Crippen molar-refractivity contribution in [1.82, 2.24) is 10.2 Å². The molecule has 0 saturated heterocycles. The first kappa shape index (κ1) is 20.9. The highest BCUT2D eigenvalue weighted by Crippen LogP contribution is 1.95. The summed E-state index contributed by atoms with van der Waals surface area (Å²) < 4.78 is 10.1. The van der Waals surface area contributed by atoms with Crippen LogP contribution in [0.5, 0.6) is 0 Å². The van der Waals surface area contributed by atoms with Crippen LogP contribution in [-0.2, 0) is 23.9 Å². The van der Waals surface area contributed by atoms with Gasteiger partial charge >= 0.3 is 11.9 Å². The maximum absolute atomic E-state index is 11.3. The van der Waals surface area contributed by atoms with E-state index in [4.69, 9.17) is 9.47 Å². The summed E-state index contributed by atoms with van der Waals surface area (Å²) in [5.74, 6) is -0.668. The summed E-state index contributed by atoms with van der Waals surface area (Å²) in [4.78, 5) is 34.7. The number of hydrogen-bond donors (Lipinski definition) is 1. The van der Waals surface area contributed by atoms with Crippen LogP contribution in [-0.4, -0.2) is 62.6 Å². The van der Waals surface area contributed by atoms with Gasteiger partial charge in [0.05, 0.1) is 0 Å².